The fraction of sp³-hybridized carbons (Fsp3) is 0.118. The maximum absolute atomic E-state index is 11.1. The summed E-state index contributed by atoms with van der Waals surface area (Å²) in [6, 6.07) is 11.3. The van der Waals surface area contributed by atoms with Crippen molar-refractivity contribution in [2.75, 3.05) is 7.11 Å². The molecule has 0 saturated heterocycles. The SMILES string of the molecule is COc1cc(C=O)c(OCc2ccnc3ccccc23)cn1. The van der Waals surface area contributed by atoms with Crippen molar-refractivity contribution >= 4 is 17.2 Å². The Hall–Kier alpha value is -2.95. The number of aromatic nitrogens is 2. The Bertz CT molecular complexity index is 813. The Morgan fingerprint density at radius 3 is 2.86 bits per heavy atom. The number of hydrogen-bond donors (Lipinski definition) is 0. The highest BCUT2D eigenvalue weighted by Gasteiger charge is 2.08. The van der Waals surface area contributed by atoms with Crippen LogP contribution in [0, 0.1) is 0 Å². The van der Waals surface area contributed by atoms with E-state index in [9.17, 15) is 4.79 Å². The first-order valence-electron chi connectivity index (χ1n) is 6.76. The van der Waals surface area contributed by atoms with Crippen LogP contribution in [0.1, 0.15) is 15.9 Å². The van der Waals surface area contributed by atoms with E-state index in [2.05, 4.69) is 9.97 Å². The fourth-order valence-electron chi connectivity index (χ4n) is 2.20. The van der Waals surface area contributed by atoms with Crippen LogP contribution in [-0.4, -0.2) is 23.4 Å². The van der Waals surface area contributed by atoms with Crippen LogP contribution in [0.25, 0.3) is 10.9 Å². The van der Waals surface area contributed by atoms with E-state index in [1.165, 1.54) is 13.3 Å². The predicted molar refractivity (Wildman–Crippen MR) is 82.3 cm³/mol. The summed E-state index contributed by atoms with van der Waals surface area (Å²) in [6.45, 7) is 0.331. The second-order valence-corrected chi connectivity index (χ2v) is 4.66. The van der Waals surface area contributed by atoms with Crippen molar-refractivity contribution in [1.82, 2.24) is 9.97 Å². The van der Waals surface area contributed by atoms with E-state index < -0.39 is 0 Å². The van der Waals surface area contributed by atoms with Crippen molar-refractivity contribution in [2.24, 2.45) is 0 Å². The van der Waals surface area contributed by atoms with Crippen LogP contribution < -0.4 is 9.47 Å². The summed E-state index contributed by atoms with van der Waals surface area (Å²) in [6.07, 6.45) is 3.96. The molecule has 0 fully saturated rings. The molecule has 0 bridgehead atoms. The van der Waals surface area contributed by atoms with Crippen molar-refractivity contribution in [2.45, 2.75) is 6.61 Å². The van der Waals surface area contributed by atoms with E-state index in [4.69, 9.17) is 9.47 Å². The Morgan fingerprint density at radius 1 is 1.18 bits per heavy atom. The number of aldehydes is 1. The molecule has 3 aromatic rings. The summed E-state index contributed by atoms with van der Waals surface area (Å²) >= 11 is 0. The first-order chi connectivity index (χ1) is 10.8. The molecule has 2 aromatic heterocycles. The number of methoxy groups -OCH3 is 1. The normalized spacial score (nSPS) is 10.4. The summed E-state index contributed by atoms with van der Waals surface area (Å²) in [5.41, 5.74) is 2.32. The van der Waals surface area contributed by atoms with Crippen LogP contribution in [-0.2, 0) is 6.61 Å². The molecule has 22 heavy (non-hydrogen) atoms. The number of carbonyl (C=O) groups is 1. The van der Waals surface area contributed by atoms with E-state index in [0.29, 0.717) is 23.8 Å². The van der Waals surface area contributed by atoms with Crippen LogP contribution in [0.3, 0.4) is 0 Å². The molecule has 0 N–H and O–H groups in total. The van der Waals surface area contributed by atoms with Gasteiger partial charge in [-0.25, -0.2) is 4.98 Å². The molecule has 0 atom stereocenters. The van der Waals surface area contributed by atoms with E-state index in [-0.39, 0.29) is 0 Å². The lowest BCUT2D eigenvalue weighted by Crippen LogP contribution is -2.01. The molecule has 0 aliphatic carbocycles. The molecule has 0 spiro atoms. The number of rotatable bonds is 5. The molecule has 0 amide bonds. The van der Waals surface area contributed by atoms with Gasteiger partial charge in [0.2, 0.25) is 5.88 Å². The number of carbonyl (C=O) groups excluding carboxylic acids is 1. The highest BCUT2D eigenvalue weighted by Crippen LogP contribution is 2.22. The van der Waals surface area contributed by atoms with Crippen LogP contribution in [0.2, 0.25) is 0 Å². The van der Waals surface area contributed by atoms with Gasteiger partial charge in [-0.05, 0) is 12.1 Å². The van der Waals surface area contributed by atoms with Gasteiger partial charge in [-0.15, -0.1) is 0 Å². The van der Waals surface area contributed by atoms with Crippen molar-refractivity contribution < 1.29 is 14.3 Å². The Morgan fingerprint density at radius 2 is 2.05 bits per heavy atom. The monoisotopic (exact) mass is 294 g/mol. The molecule has 0 radical (unpaired) electrons. The van der Waals surface area contributed by atoms with Crippen molar-refractivity contribution in [3.8, 4) is 11.6 Å². The predicted octanol–water partition coefficient (Wildman–Crippen LogP) is 3.03. The number of para-hydroxylation sites is 1. The second-order valence-electron chi connectivity index (χ2n) is 4.66. The third-order valence-electron chi connectivity index (χ3n) is 3.33. The average molecular weight is 294 g/mol. The molecular formula is C17H14N2O3. The van der Waals surface area contributed by atoms with Gasteiger partial charge in [0.15, 0.2) is 6.29 Å². The van der Waals surface area contributed by atoms with E-state index in [1.807, 2.05) is 30.3 Å². The zero-order valence-corrected chi connectivity index (χ0v) is 12.0. The molecule has 2 heterocycles. The summed E-state index contributed by atoms with van der Waals surface area (Å²) < 4.78 is 10.7. The lowest BCUT2D eigenvalue weighted by molar-refractivity contribution is 0.111. The molecule has 0 aliphatic heterocycles. The molecule has 0 unspecified atom stereocenters. The Labute approximate surface area is 127 Å². The molecule has 0 aliphatic rings. The van der Waals surface area contributed by atoms with Gasteiger partial charge in [-0.2, -0.15) is 0 Å². The fourth-order valence-corrected chi connectivity index (χ4v) is 2.20. The molecule has 5 nitrogen and oxygen atoms in total. The number of fused-ring (bicyclic) bond motifs is 1. The summed E-state index contributed by atoms with van der Waals surface area (Å²) in [5, 5.41) is 1.03. The maximum atomic E-state index is 11.1. The highest BCUT2D eigenvalue weighted by molar-refractivity contribution is 5.82. The van der Waals surface area contributed by atoms with Crippen LogP contribution in [0.4, 0.5) is 0 Å². The summed E-state index contributed by atoms with van der Waals surface area (Å²) in [5.74, 6) is 0.806. The van der Waals surface area contributed by atoms with Crippen molar-refractivity contribution in [3.63, 3.8) is 0 Å². The van der Waals surface area contributed by atoms with Crippen LogP contribution in [0.15, 0.2) is 48.8 Å². The molecular weight excluding hydrogens is 280 g/mol. The summed E-state index contributed by atoms with van der Waals surface area (Å²) in [4.78, 5) is 19.5. The highest BCUT2D eigenvalue weighted by atomic mass is 16.5. The summed E-state index contributed by atoms with van der Waals surface area (Å²) in [7, 11) is 1.50. The van der Waals surface area contributed by atoms with Gasteiger partial charge < -0.3 is 9.47 Å². The van der Waals surface area contributed by atoms with Crippen LogP contribution in [0.5, 0.6) is 11.6 Å². The molecule has 0 saturated carbocycles. The van der Waals surface area contributed by atoms with E-state index in [1.54, 1.807) is 12.3 Å². The standard InChI is InChI=1S/C17H14N2O3/c1-21-17-8-13(10-20)16(9-19-17)22-11-12-6-7-18-15-5-3-2-4-14(12)15/h2-10H,11H2,1H3. The van der Waals surface area contributed by atoms with Crippen molar-refractivity contribution in [3.05, 3.63) is 59.9 Å². The number of benzene rings is 1. The van der Waals surface area contributed by atoms with E-state index in [0.717, 1.165) is 22.8 Å². The number of nitrogens with zero attached hydrogens (tertiary/aromatic N) is 2. The molecule has 3 rings (SSSR count). The smallest absolute Gasteiger partial charge is 0.213 e. The minimum atomic E-state index is 0.331. The Kier molecular flexibility index (Phi) is 3.96. The molecule has 5 heteroatoms. The first-order valence-corrected chi connectivity index (χ1v) is 6.76. The number of pyridine rings is 2. The van der Waals surface area contributed by atoms with Gasteiger partial charge in [0, 0.05) is 23.2 Å². The minimum absolute atomic E-state index is 0.331. The lowest BCUT2D eigenvalue weighted by atomic mass is 10.1. The quantitative estimate of drug-likeness (QED) is 0.677. The number of ether oxygens (including phenoxy) is 2. The first kappa shape index (κ1) is 14.0. The largest absolute Gasteiger partial charge is 0.487 e. The van der Waals surface area contributed by atoms with Gasteiger partial charge in [-0.3, -0.25) is 9.78 Å². The molecule has 1 aromatic carbocycles. The number of hydrogen-bond acceptors (Lipinski definition) is 5. The van der Waals surface area contributed by atoms with Gasteiger partial charge in [-0.1, -0.05) is 18.2 Å². The second kappa shape index (κ2) is 6.22. The van der Waals surface area contributed by atoms with Gasteiger partial charge >= 0.3 is 0 Å². The van der Waals surface area contributed by atoms with Gasteiger partial charge in [0.1, 0.15) is 12.4 Å². The maximum Gasteiger partial charge on any atom is 0.213 e. The molecule has 110 valence electrons. The van der Waals surface area contributed by atoms with Crippen molar-refractivity contribution in [1.29, 1.82) is 0 Å². The third kappa shape index (κ3) is 2.74. The topological polar surface area (TPSA) is 61.3 Å². The van der Waals surface area contributed by atoms with Gasteiger partial charge in [0.05, 0.1) is 24.4 Å². The van der Waals surface area contributed by atoms with Gasteiger partial charge in [0.25, 0.3) is 0 Å². The minimum Gasteiger partial charge on any atom is -0.487 e. The third-order valence-corrected chi connectivity index (χ3v) is 3.33. The lowest BCUT2D eigenvalue weighted by Gasteiger charge is -2.10. The average Bonchev–Trinajstić information content (AvgIpc) is 2.59. The zero-order valence-electron chi connectivity index (χ0n) is 12.0. The van der Waals surface area contributed by atoms with E-state index >= 15 is 0 Å². The Balaban J connectivity index is 1.87. The zero-order chi connectivity index (χ0) is 15.4. The van der Waals surface area contributed by atoms with Crippen LogP contribution >= 0.6 is 0 Å².